The molecule has 0 aliphatic carbocycles. The molecule has 0 saturated carbocycles. The summed E-state index contributed by atoms with van der Waals surface area (Å²) in [7, 11) is 1.66. The van der Waals surface area contributed by atoms with E-state index in [0.717, 1.165) is 22.4 Å². The minimum atomic E-state index is -0.211. The van der Waals surface area contributed by atoms with Gasteiger partial charge in [-0.05, 0) is 36.6 Å². The standard InChI is InChI=1S/C12H17N5O/c1-7-5-10(18-3)8(2)4-9(7)11(16-13)12-14-6-15-17-12/h4-6,11,16H,13H2,1-3H3,(H,14,15,17). The first-order valence-corrected chi connectivity index (χ1v) is 5.64. The van der Waals surface area contributed by atoms with Crippen LogP contribution in [0.3, 0.4) is 0 Å². The molecule has 0 radical (unpaired) electrons. The maximum Gasteiger partial charge on any atom is 0.147 e. The van der Waals surface area contributed by atoms with Crippen molar-refractivity contribution in [2.75, 3.05) is 7.11 Å². The summed E-state index contributed by atoms with van der Waals surface area (Å²) in [4.78, 5) is 4.14. The Kier molecular flexibility index (Phi) is 3.59. The summed E-state index contributed by atoms with van der Waals surface area (Å²) in [6.45, 7) is 4.01. The van der Waals surface area contributed by atoms with Gasteiger partial charge in [0.1, 0.15) is 23.9 Å². The van der Waals surface area contributed by atoms with Crippen LogP contribution in [0.2, 0.25) is 0 Å². The lowest BCUT2D eigenvalue weighted by Gasteiger charge is -2.18. The molecular weight excluding hydrogens is 230 g/mol. The van der Waals surface area contributed by atoms with Crippen molar-refractivity contribution >= 4 is 0 Å². The Bertz CT molecular complexity index is 524. The van der Waals surface area contributed by atoms with E-state index in [9.17, 15) is 0 Å². The number of aryl methyl sites for hydroxylation is 2. The molecule has 2 rings (SSSR count). The summed E-state index contributed by atoms with van der Waals surface area (Å²) in [5.74, 6) is 7.17. The first kappa shape index (κ1) is 12.5. The fraction of sp³-hybridized carbons (Fsp3) is 0.333. The van der Waals surface area contributed by atoms with Crippen LogP contribution in [0.4, 0.5) is 0 Å². The molecule has 0 fully saturated rings. The smallest absolute Gasteiger partial charge is 0.147 e. The number of methoxy groups -OCH3 is 1. The van der Waals surface area contributed by atoms with Gasteiger partial charge in [-0.1, -0.05) is 6.07 Å². The molecule has 0 bridgehead atoms. The van der Waals surface area contributed by atoms with Gasteiger partial charge < -0.3 is 4.74 Å². The van der Waals surface area contributed by atoms with Crippen LogP contribution in [-0.4, -0.2) is 22.3 Å². The zero-order valence-electron chi connectivity index (χ0n) is 10.7. The second-order valence-electron chi connectivity index (χ2n) is 4.15. The normalized spacial score (nSPS) is 12.4. The fourth-order valence-corrected chi connectivity index (χ4v) is 2.01. The number of aromatic nitrogens is 3. The summed E-state index contributed by atoms with van der Waals surface area (Å²) >= 11 is 0. The van der Waals surface area contributed by atoms with Crippen LogP contribution >= 0.6 is 0 Å². The quantitative estimate of drug-likeness (QED) is 0.553. The minimum Gasteiger partial charge on any atom is -0.496 e. The van der Waals surface area contributed by atoms with Gasteiger partial charge in [0, 0.05) is 0 Å². The van der Waals surface area contributed by atoms with Crippen molar-refractivity contribution in [3.63, 3.8) is 0 Å². The van der Waals surface area contributed by atoms with Crippen LogP contribution in [0, 0.1) is 13.8 Å². The summed E-state index contributed by atoms with van der Waals surface area (Å²) < 4.78 is 5.30. The topological polar surface area (TPSA) is 88.8 Å². The highest BCUT2D eigenvalue weighted by atomic mass is 16.5. The van der Waals surface area contributed by atoms with Gasteiger partial charge in [-0.3, -0.25) is 10.9 Å². The highest BCUT2D eigenvalue weighted by molar-refractivity contribution is 5.44. The number of ether oxygens (including phenoxy) is 1. The van der Waals surface area contributed by atoms with Crippen molar-refractivity contribution in [3.8, 4) is 5.75 Å². The van der Waals surface area contributed by atoms with Crippen molar-refractivity contribution in [3.05, 3.63) is 41.0 Å². The zero-order chi connectivity index (χ0) is 13.1. The number of rotatable bonds is 4. The van der Waals surface area contributed by atoms with Gasteiger partial charge in [0.2, 0.25) is 0 Å². The Morgan fingerprint density at radius 2 is 2.11 bits per heavy atom. The monoisotopic (exact) mass is 247 g/mol. The molecule has 1 aromatic heterocycles. The van der Waals surface area contributed by atoms with Gasteiger partial charge in [-0.2, -0.15) is 5.10 Å². The molecule has 1 unspecified atom stereocenters. The number of hydrazine groups is 1. The van der Waals surface area contributed by atoms with Crippen LogP contribution in [0.25, 0.3) is 0 Å². The number of benzene rings is 1. The molecule has 0 aliphatic heterocycles. The Balaban J connectivity index is 2.46. The second kappa shape index (κ2) is 5.16. The van der Waals surface area contributed by atoms with Gasteiger partial charge >= 0.3 is 0 Å². The zero-order valence-corrected chi connectivity index (χ0v) is 10.7. The largest absolute Gasteiger partial charge is 0.496 e. The van der Waals surface area contributed by atoms with E-state index in [2.05, 4.69) is 20.6 Å². The molecule has 1 heterocycles. The van der Waals surface area contributed by atoms with E-state index in [4.69, 9.17) is 10.6 Å². The lowest BCUT2D eigenvalue weighted by Crippen LogP contribution is -2.30. The number of H-pyrrole nitrogens is 1. The number of aromatic amines is 1. The van der Waals surface area contributed by atoms with Gasteiger partial charge in [0.25, 0.3) is 0 Å². The molecule has 4 N–H and O–H groups in total. The minimum absolute atomic E-state index is 0.211. The van der Waals surface area contributed by atoms with Crippen LogP contribution in [-0.2, 0) is 0 Å². The third-order valence-corrected chi connectivity index (χ3v) is 2.97. The molecule has 0 spiro atoms. The van der Waals surface area contributed by atoms with Crippen molar-refractivity contribution in [2.45, 2.75) is 19.9 Å². The molecule has 0 aliphatic rings. The molecule has 0 saturated heterocycles. The van der Waals surface area contributed by atoms with E-state index in [1.54, 1.807) is 7.11 Å². The maximum atomic E-state index is 5.62. The summed E-state index contributed by atoms with van der Waals surface area (Å²) in [6, 6.07) is 3.82. The molecule has 1 atom stereocenters. The lowest BCUT2D eigenvalue weighted by molar-refractivity contribution is 0.411. The Labute approximate surface area is 106 Å². The maximum absolute atomic E-state index is 5.62. The predicted molar refractivity (Wildman–Crippen MR) is 68.0 cm³/mol. The van der Waals surface area contributed by atoms with E-state index in [0.29, 0.717) is 5.82 Å². The third kappa shape index (κ3) is 2.20. The van der Waals surface area contributed by atoms with Crippen molar-refractivity contribution < 1.29 is 4.74 Å². The molecular formula is C12H17N5O. The van der Waals surface area contributed by atoms with Crippen molar-refractivity contribution in [1.82, 2.24) is 20.6 Å². The van der Waals surface area contributed by atoms with Gasteiger partial charge in [0.05, 0.1) is 7.11 Å². The van der Waals surface area contributed by atoms with Crippen LogP contribution < -0.4 is 16.0 Å². The van der Waals surface area contributed by atoms with Crippen LogP contribution in [0.1, 0.15) is 28.6 Å². The molecule has 6 heteroatoms. The Morgan fingerprint density at radius 1 is 1.33 bits per heavy atom. The average molecular weight is 247 g/mol. The van der Waals surface area contributed by atoms with Gasteiger partial charge in [-0.15, -0.1) is 0 Å². The number of nitrogens with two attached hydrogens (primary N) is 1. The van der Waals surface area contributed by atoms with Crippen molar-refractivity contribution in [2.24, 2.45) is 5.84 Å². The third-order valence-electron chi connectivity index (χ3n) is 2.97. The highest BCUT2D eigenvalue weighted by Gasteiger charge is 2.18. The van der Waals surface area contributed by atoms with Crippen molar-refractivity contribution in [1.29, 1.82) is 0 Å². The molecule has 2 aromatic rings. The summed E-state index contributed by atoms with van der Waals surface area (Å²) in [5.41, 5.74) is 5.93. The SMILES string of the molecule is COc1cc(C)c(C(NN)c2ncn[nH]2)cc1C. The highest BCUT2D eigenvalue weighted by Crippen LogP contribution is 2.28. The Morgan fingerprint density at radius 3 is 2.67 bits per heavy atom. The second-order valence-corrected chi connectivity index (χ2v) is 4.15. The van der Waals surface area contributed by atoms with Gasteiger partial charge in [-0.25, -0.2) is 10.4 Å². The first-order valence-electron chi connectivity index (χ1n) is 5.64. The lowest BCUT2D eigenvalue weighted by atomic mass is 9.98. The van der Waals surface area contributed by atoms with E-state index < -0.39 is 0 Å². The summed E-state index contributed by atoms with van der Waals surface area (Å²) in [6.07, 6.45) is 1.46. The molecule has 1 aromatic carbocycles. The average Bonchev–Trinajstić information content (AvgIpc) is 2.87. The molecule has 6 nitrogen and oxygen atoms in total. The number of hydrogen-bond acceptors (Lipinski definition) is 5. The van der Waals surface area contributed by atoms with E-state index in [-0.39, 0.29) is 6.04 Å². The number of nitrogens with one attached hydrogen (secondary N) is 2. The van der Waals surface area contributed by atoms with Gasteiger partial charge in [0.15, 0.2) is 0 Å². The molecule has 0 amide bonds. The fourth-order valence-electron chi connectivity index (χ4n) is 2.01. The number of hydrogen-bond donors (Lipinski definition) is 3. The van der Waals surface area contributed by atoms with Crippen LogP contribution in [0.15, 0.2) is 18.5 Å². The molecule has 18 heavy (non-hydrogen) atoms. The van der Waals surface area contributed by atoms with E-state index in [1.165, 1.54) is 6.33 Å². The predicted octanol–water partition coefficient (Wildman–Crippen LogP) is 0.983. The van der Waals surface area contributed by atoms with E-state index >= 15 is 0 Å². The Hall–Kier alpha value is -1.92. The number of nitrogens with zero attached hydrogens (tertiary/aromatic N) is 2. The van der Waals surface area contributed by atoms with Crippen LogP contribution in [0.5, 0.6) is 5.75 Å². The molecule has 96 valence electrons. The summed E-state index contributed by atoms with van der Waals surface area (Å²) in [5, 5.41) is 6.67. The van der Waals surface area contributed by atoms with E-state index in [1.807, 2.05) is 26.0 Å². The first-order chi connectivity index (χ1) is 8.67.